The molecule has 0 spiro atoms. The summed E-state index contributed by atoms with van der Waals surface area (Å²) in [6.07, 6.45) is 0.351. The Hall–Kier alpha value is -1.80. The molecule has 0 amide bonds. The van der Waals surface area contributed by atoms with E-state index < -0.39 is 0 Å². The van der Waals surface area contributed by atoms with Crippen molar-refractivity contribution in [2.75, 3.05) is 0 Å². The summed E-state index contributed by atoms with van der Waals surface area (Å²) in [5, 5.41) is 2.14. The van der Waals surface area contributed by atoms with Gasteiger partial charge in [0.05, 0.1) is 0 Å². The molecule has 0 aliphatic rings. The van der Waals surface area contributed by atoms with Gasteiger partial charge in [0.1, 0.15) is 0 Å². The average molecular weight is 258 g/mol. The predicted molar refractivity (Wildman–Crippen MR) is 74.9 cm³/mol. The van der Waals surface area contributed by atoms with E-state index >= 15 is 0 Å². The minimum atomic E-state index is -0.295. The van der Waals surface area contributed by atoms with Gasteiger partial charge in [0.25, 0.3) is 0 Å². The molecule has 3 rings (SSSR count). The molecule has 0 radical (unpaired) electrons. The number of carbonyl (C=O) groups excluding carboxylic acids is 1. The van der Waals surface area contributed by atoms with Crippen molar-refractivity contribution >= 4 is 38.6 Å². The summed E-state index contributed by atoms with van der Waals surface area (Å²) < 4.78 is 2.16. The van der Waals surface area contributed by atoms with Gasteiger partial charge in [-0.1, -0.05) is 36.4 Å². The highest BCUT2D eigenvalue weighted by molar-refractivity contribution is 6.63. The van der Waals surface area contributed by atoms with E-state index in [9.17, 15) is 4.79 Å². The Morgan fingerprint density at radius 1 is 0.944 bits per heavy atom. The summed E-state index contributed by atoms with van der Waals surface area (Å²) >= 11 is 5.44. The Morgan fingerprint density at radius 2 is 1.44 bits per heavy atom. The van der Waals surface area contributed by atoms with Crippen molar-refractivity contribution in [2.24, 2.45) is 0 Å². The molecular weight excluding hydrogens is 246 g/mol. The zero-order valence-electron chi connectivity index (χ0n) is 9.77. The quantitative estimate of drug-likeness (QED) is 0.651. The summed E-state index contributed by atoms with van der Waals surface area (Å²) in [5.74, 6) is 0. The van der Waals surface area contributed by atoms with E-state index in [2.05, 4.69) is 28.8 Å². The molecule has 0 saturated carbocycles. The number of benzene rings is 2. The predicted octanol–water partition coefficient (Wildman–Crippen LogP) is 3.95. The largest absolute Gasteiger partial charge is 0.340 e. The Morgan fingerprint density at radius 3 is 1.94 bits per heavy atom. The van der Waals surface area contributed by atoms with Crippen LogP contribution in [0.5, 0.6) is 0 Å². The normalized spacial score (nSPS) is 11.2. The molecule has 0 aliphatic carbocycles. The van der Waals surface area contributed by atoms with Gasteiger partial charge in [0.2, 0.25) is 5.24 Å². The lowest BCUT2D eigenvalue weighted by Gasteiger charge is -2.04. The van der Waals surface area contributed by atoms with Crippen molar-refractivity contribution in [1.82, 2.24) is 4.57 Å². The smallest absolute Gasteiger partial charge is 0.223 e. The number of rotatable bonds is 3. The van der Waals surface area contributed by atoms with Crippen LogP contribution >= 0.6 is 11.6 Å². The molecule has 3 heteroatoms. The highest BCUT2D eigenvalue weighted by atomic mass is 35.5. The fourth-order valence-electron chi connectivity index (χ4n) is 2.44. The Labute approximate surface area is 110 Å². The molecule has 0 N–H and O–H groups in total. The molecule has 0 atom stereocenters. The maximum Gasteiger partial charge on any atom is 0.223 e. The molecule has 1 heterocycles. The van der Waals surface area contributed by atoms with E-state index in [1.54, 1.807) is 0 Å². The SMILES string of the molecule is O=C(Cl)CCn1c2ccccc2c2ccccc21. The fourth-order valence-corrected chi connectivity index (χ4v) is 2.53. The van der Waals surface area contributed by atoms with E-state index in [0.717, 1.165) is 11.0 Å². The number of aryl methyl sites for hydroxylation is 1. The van der Waals surface area contributed by atoms with Crippen LogP contribution in [0.1, 0.15) is 6.42 Å². The van der Waals surface area contributed by atoms with Crippen LogP contribution in [-0.4, -0.2) is 9.81 Å². The fraction of sp³-hybridized carbons (Fsp3) is 0.133. The molecule has 2 aromatic carbocycles. The monoisotopic (exact) mass is 257 g/mol. The van der Waals surface area contributed by atoms with Crippen LogP contribution in [0.4, 0.5) is 0 Å². The standard InChI is InChI=1S/C15H12ClNO/c16-15(18)9-10-17-13-7-3-1-5-11(13)12-6-2-4-8-14(12)17/h1-8H,9-10H2. The average Bonchev–Trinajstić information content (AvgIpc) is 2.71. The van der Waals surface area contributed by atoms with Gasteiger partial charge in [-0.15, -0.1) is 0 Å². The minimum Gasteiger partial charge on any atom is -0.340 e. The van der Waals surface area contributed by atoms with Crippen LogP contribution in [0.15, 0.2) is 48.5 Å². The Balaban J connectivity index is 2.27. The van der Waals surface area contributed by atoms with Gasteiger partial charge in [0.15, 0.2) is 0 Å². The first kappa shape index (κ1) is 11.3. The second-order valence-electron chi connectivity index (χ2n) is 4.29. The van der Waals surface area contributed by atoms with Crippen molar-refractivity contribution in [3.63, 3.8) is 0 Å². The maximum atomic E-state index is 11.0. The molecule has 0 fully saturated rings. The summed E-state index contributed by atoms with van der Waals surface area (Å²) in [6.45, 7) is 0.621. The van der Waals surface area contributed by atoms with Gasteiger partial charge in [-0.2, -0.15) is 0 Å². The van der Waals surface area contributed by atoms with Crippen molar-refractivity contribution in [1.29, 1.82) is 0 Å². The van der Waals surface area contributed by atoms with Crippen molar-refractivity contribution in [2.45, 2.75) is 13.0 Å². The molecular formula is C15H12ClNO. The van der Waals surface area contributed by atoms with Gasteiger partial charge >= 0.3 is 0 Å². The van der Waals surface area contributed by atoms with Crippen molar-refractivity contribution in [3.8, 4) is 0 Å². The third-order valence-electron chi connectivity index (χ3n) is 3.21. The van der Waals surface area contributed by atoms with Crippen LogP contribution in [0.2, 0.25) is 0 Å². The van der Waals surface area contributed by atoms with E-state index in [0.29, 0.717) is 13.0 Å². The van der Waals surface area contributed by atoms with Crippen LogP contribution < -0.4 is 0 Å². The van der Waals surface area contributed by atoms with Crippen LogP contribution in [0, 0.1) is 0 Å². The second kappa shape index (κ2) is 4.46. The number of carbonyl (C=O) groups is 1. The van der Waals surface area contributed by atoms with Gasteiger partial charge in [-0.3, -0.25) is 4.79 Å². The number of hydrogen-bond acceptors (Lipinski definition) is 1. The highest BCUT2D eigenvalue weighted by Crippen LogP contribution is 2.28. The van der Waals surface area contributed by atoms with Crippen molar-refractivity contribution in [3.05, 3.63) is 48.5 Å². The van der Waals surface area contributed by atoms with E-state index in [-0.39, 0.29) is 5.24 Å². The molecule has 2 nitrogen and oxygen atoms in total. The van der Waals surface area contributed by atoms with Gasteiger partial charge < -0.3 is 4.57 Å². The van der Waals surface area contributed by atoms with E-state index in [1.807, 2.05) is 24.3 Å². The topological polar surface area (TPSA) is 22.0 Å². The summed E-state index contributed by atoms with van der Waals surface area (Å²) in [6, 6.07) is 16.5. The first-order valence-electron chi connectivity index (χ1n) is 5.91. The number of halogens is 1. The lowest BCUT2D eigenvalue weighted by Crippen LogP contribution is -2.00. The number of hydrogen-bond donors (Lipinski definition) is 0. The lowest BCUT2D eigenvalue weighted by atomic mass is 10.2. The Bertz CT molecular complexity index is 676. The lowest BCUT2D eigenvalue weighted by molar-refractivity contribution is -0.111. The molecule has 0 unspecified atom stereocenters. The van der Waals surface area contributed by atoms with Crippen LogP contribution in [0.25, 0.3) is 21.8 Å². The number of fused-ring (bicyclic) bond motifs is 3. The molecule has 1 aromatic heterocycles. The minimum absolute atomic E-state index is 0.295. The molecule has 18 heavy (non-hydrogen) atoms. The zero-order valence-corrected chi connectivity index (χ0v) is 10.5. The third kappa shape index (κ3) is 1.79. The summed E-state index contributed by atoms with van der Waals surface area (Å²) in [5.41, 5.74) is 2.30. The third-order valence-corrected chi connectivity index (χ3v) is 3.40. The number of nitrogens with zero attached hydrogens (tertiary/aromatic N) is 1. The number of para-hydroxylation sites is 2. The highest BCUT2D eigenvalue weighted by Gasteiger charge is 2.09. The maximum absolute atomic E-state index is 11.0. The molecule has 3 aromatic rings. The first-order valence-corrected chi connectivity index (χ1v) is 6.29. The molecule has 0 aliphatic heterocycles. The Kier molecular flexibility index (Phi) is 2.80. The van der Waals surface area contributed by atoms with Crippen molar-refractivity contribution < 1.29 is 4.79 Å². The zero-order chi connectivity index (χ0) is 12.5. The van der Waals surface area contributed by atoms with Gasteiger partial charge in [-0.25, -0.2) is 0 Å². The van der Waals surface area contributed by atoms with Gasteiger partial charge in [-0.05, 0) is 23.7 Å². The first-order chi connectivity index (χ1) is 8.77. The summed E-state index contributed by atoms with van der Waals surface area (Å²) in [4.78, 5) is 11.0. The summed E-state index contributed by atoms with van der Waals surface area (Å²) in [7, 11) is 0. The molecule has 0 saturated heterocycles. The van der Waals surface area contributed by atoms with Crippen LogP contribution in [0.3, 0.4) is 0 Å². The number of aromatic nitrogens is 1. The van der Waals surface area contributed by atoms with Gasteiger partial charge in [0, 0.05) is 34.8 Å². The molecule has 90 valence electrons. The van der Waals surface area contributed by atoms with Crippen LogP contribution in [-0.2, 0) is 11.3 Å². The van der Waals surface area contributed by atoms with E-state index in [1.165, 1.54) is 10.8 Å². The molecule has 0 bridgehead atoms. The van der Waals surface area contributed by atoms with E-state index in [4.69, 9.17) is 11.6 Å². The second-order valence-corrected chi connectivity index (χ2v) is 4.71.